The normalized spacial score (nSPS) is 17.3. The van der Waals surface area contributed by atoms with Crippen molar-refractivity contribution in [3.8, 4) is 0 Å². The van der Waals surface area contributed by atoms with Crippen LogP contribution in [0.1, 0.15) is 17.7 Å². The molecule has 1 aromatic heterocycles. The smallest absolute Gasteiger partial charge is 0.330 e. The second-order valence-corrected chi connectivity index (χ2v) is 6.86. The Morgan fingerprint density at radius 2 is 2.22 bits per heavy atom. The average molecular weight is 387 g/mol. The predicted octanol–water partition coefficient (Wildman–Crippen LogP) is 3.05. The van der Waals surface area contributed by atoms with E-state index in [1.165, 1.54) is 18.7 Å². The lowest BCUT2D eigenvalue weighted by molar-refractivity contribution is -0.134. The second kappa shape index (κ2) is 9.48. The van der Waals surface area contributed by atoms with Crippen LogP contribution in [0.15, 0.2) is 42.7 Å². The lowest BCUT2D eigenvalue weighted by Gasteiger charge is -2.17. The number of likely N-dealkylation sites (tertiary alicyclic amines) is 1. The molecule has 7 heteroatoms. The minimum Gasteiger partial charge on any atom is -0.466 e. The molecule has 0 bridgehead atoms. The number of halogens is 1. The summed E-state index contributed by atoms with van der Waals surface area (Å²) in [5.41, 5.74) is 1.80. The van der Waals surface area contributed by atoms with E-state index in [-0.39, 0.29) is 0 Å². The van der Waals surface area contributed by atoms with Gasteiger partial charge in [-0.2, -0.15) is 0 Å². The molecule has 0 saturated carbocycles. The van der Waals surface area contributed by atoms with Crippen LogP contribution in [0.5, 0.6) is 0 Å². The van der Waals surface area contributed by atoms with Crippen molar-refractivity contribution < 1.29 is 9.53 Å². The van der Waals surface area contributed by atoms with Crippen molar-refractivity contribution in [1.82, 2.24) is 14.9 Å². The number of anilines is 1. The summed E-state index contributed by atoms with van der Waals surface area (Å²) in [5.74, 6) is 0.324. The highest BCUT2D eigenvalue weighted by Crippen LogP contribution is 2.18. The third kappa shape index (κ3) is 5.77. The number of benzene rings is 1. The zero-order valence-corrected chi connectivity index (χ0v) is 16.0. The Bertz CT molecular complexity index is 795. The van der Waals surface area contributed by atoms with Crippen LogP contribution in [0, 0.1) is 0 Å². The number of aromatic nitrogens is 2. The van der Waals surface area contributed by atoms with Crippen LogP contribution in [-0.4, -0.2) is 53.6 Å². The summed E-state index contributed by atoms with van der Waals surface area (Å²) in [6, 6.07) is 8.35. The van der Waals surface area contributed by atoms with Crippen LogP contribution in [-0.2, 0) is 16.0 Å². The van der Waals surface area contributed by atoms with Gasteiger partial charge in [-0.3, -0.25) is 4.98 Å². The van der Waals surface area contributed by atoms with Crippen LogP contribution in [0.4, 0.5) is 5.82 Å². The molecule has 3 rings (SSSR count). The molecule has 0 unspecified atom stereocenters. The molecule has 6 nitrogen and oxygen atoms in total. The van der Waals surface area contributed by atoms with Gasteiger partial charge in [0, 0.05) is 36.8 Å². The Morgan fingerprint density at radius 3 is 2.96 bits per heavy atom. The molecule has 0 spiro atoms. The minimum atomic E-state index is -0.415. The van der Waals surface area contributed by atoms with E-state index in [4.69, 9.17) is 11.6 Å². The molecule has 1 aliphatic rings. The molecular weight excluding hydrogens is 364 g/mol. The van der Waals surface area contributed by atoms with Crippen molar-refractivity contribution >= 4 is 29.5 Å². The first-order chi connectivity index (χ1) is 13.1. The Balaban J connectivity index is 1.46. The van der Waals surface area contributed by atoms with Gasteiger partial charge in [0.1, 0.15) is 5.82 Å². The fourth-order valence-electron chi connectivity index (χ4n) is 3.06. The van der Waals surface area contributed by atoms with Crippen molar-refractivity contribution in [3.63, 3.8) is 0 Å². The van der Waals surface area contributed by atoms with E-state index in [2.05, 4.69) is 31.0 Å². The highest BCUT2D eigenvalue weighted by Gasteiger charge is 2.22. The molecule has 0 aliphatic carbocycles. The van der Waals surface area contributed by atoms with Gasteiger partial charge in [-0.15, -0.1) is 0 Å². The monoisotopic (exact) mass is 386 g/mol. The Morgan fingerprint density at radius 1 is 1.37 bits per heavy atom. The van der Waals surface area contributed by atoms with Crippen LogP contribution in [0.3, 0.4) is 0 Å². The predicted molar refractivity (Wildman–Crippen MR) is 107 cm³/mol. The van der Waals surface area contributed by atoms with Gasteiger partial charge in [0.25, 0.3) is 0 Å². The van der Waals surface area contributed by atoms with E-state index < -0.39 is 5.97 Å². The quantitative estimate of drug-likeness (QED) is 0.582. The van der Waals surface area contributed by atoms with Crippen molar-refractivity contribution in [1.29, 1.82) is 0 Å². The molecule has 0 radical (unpaired) electrons. The number of carbonyl (C=O) groups is 1. The first-order valence-electron chi connectivity index (χ1n) is 8.94. The van der Waals surface area contributed by atoms with Crippen LogP contribution < -0.4 is 5.32 Å². The number of nitrogens with zero attached hydrogens (tertiary/aromatic N) is 3. The summed E-state index contributed by atoms with van der Waals surface area (Å²) >= 11 is 6.23. The Kier molecular flexibility index (Phi) is 6.79. The average Bonchev–Trinajstić information content (AvgIpc) is 3.14. The molecule has 142 valence electrons. The summed E-state index contributed by atoms with van der Waals surface area (Å²) in [5, 5.41) is 4.26. The highest BCUT2D eigenvalue weighted by molar-refractivity contribution is 6.31. The number of hydrogen-bond acceptors (Lipinski definition) is 6. The van der Waals surface area contributed by atoms with Crippen molar-refractivity contribution in [3.05, 3.63) is 59.0 Å². The van der Waals surface area contributed by atoms with Crippen LogP contribution in [0.25, 0.3) is 6.08 Å². The second-order valence-electron chi connectivity index (χ2n) is 6.45. The summed E-state index contributed by atoms with van der Waals surface area (Å²) in [6.07, 6.45) is 8.23. The Labute approximate surface area is 164 Å². The zero-order valence-electron chi connectivity index (χ0n) is 15.3. The largest absolute Gasteiger partial charge is 0.466 e. The number of hydrogen-bond donors (Lipinski definition) is 1. The molecule has 1 saturated heterocycles. The van der Waals surface area contributed by atoms with Gasteiger partial charge >= 0.3 is 5.97 Å². The van der Waals surface area contributed by atoms with Crippen molar-refractivity contribution in [2.24, 2.45) is 0 Å². The molecule has 2 aromatic rings. The van der Waals surface area contributed by atoms with Gasteiger partial charge in [-0.05, 0) is 30.5 Å². The van der Waals surface area contributed by atoms with Gasteiger partial charge in [-0.25, -0.2) is 9.78 Å². The molecule has 1 fully saturated rings. The Hall–Kier alpha value is -2.44. The molecule has 1 N–H and O–H groups in total. The fourth-order valence-corrected chi connectivity index (χ4v) is 3.29. The van der Waals surface area contributed by atoms with Gasteiger partial charge in [-0.1, -0.05) is 29.8 Å². The van der Waals surface area contributed by atoms with Crippen LogP contribution >= 0.6 is 11.6 Å². The SMILES string of the molecule is COC(=O)/C=C/c1cnc(N[C@@H]2CCN(CCc3ccccc3Cl)C2)cn1. The number of rotatable bonds is 7. The molecule has 0 amide bonds. The number of nitrogens with one attached hydrogen (secondary N) is 1. The lowest BCUT2D eigenvalue weighted by Crippen LogP contribution is -2.28. The summed E-state index contributed by atoms with van der Waals surface area (Å²) in [7, 11) is 1.34. The van der Waals surface area contributed by atoms with E-state index >= 15 is 0 Å². The van der Waals surface area contributed by atoms with E-state index in [1.54, 1.807) is 18.5 Å². The fraction of sp³-hybridized carbons (Fsp3) is 0.350. The van der Waals surface area contributed by atoms with E-state index in [0.717, 1.165) is 43.3 Å². The number of esters is 1. The van der Waals surface area contributed by atoms with E-state index in [1.807, 2.05) is 18.2 Å². The van der Waals surface area contributed by atoms with Crippen LogP contribution in [0.2, 0.25) is 5.02 Å². The maximum atomic E-state index is 11.1. The summed E-state index contributed by atoms with van der Waals surface area (Å²) in [4.78, 5) is 22.2. The molecule has 2 heterocycles. The maximum absolute atomic E-state index is 11.1. The zero-order chi connectivity index (χ0) is 19.1. The van der Waals surface area contributed by atoms with E-state index in [9.17, 15) is 4.79 Å². The molecule has 27 heavy (non-hydrogen) atoms. The molecular formula is C20H23ClN4O2. The van der Waals surface area contributed by atoms with Crippen molar-refractivity contribution in [2.45, 2.75) is 18.9 Å². The molecule has 1 aliphatic heterocycles. The number of ether oxygens (including phenoxy) is 1. The number of methoxy groups -OCH3 is 1. The maximum Gasteiger partial charge on any atom is 0.330 e. The summed E-state index contributed by atoms with van der Waals surface area (Å²) < 4.78 is 4.55. The van der Waals surface area contributed by atoms with Gasteiger partial charge in [0.05, 0.1) is 25.2 Å². The minimum absolute atomic E-state index is 0.349. The topological polar surface area (TPSA) is 67.3 Å². The van der Waals surface area contributed by atoms with Crippen molar-refractivity contribution in [2.75, 3.05) is 32.1 Å². The highest BCUT2D eigenvalue weighted by atomic mass is 35.5. The third-order valence-electron chi connectivity index (χ3n) is 4.54. The van der Waals surface area contributed by atoms with Gasteiger partial charge in [0.15, 0.2) is 0 Å². The standard InChI is InChI=1S/C20H23ClN4O2/c1-27-20(26)7-6-16-12-23-19(13-22-16)24-17-9-11-25(14-17)10-8-15-4-2-3-5-18(15)21/h2-7,12-13,17H,8-11,14H2,1H3,(H,23,24)/b7-6+/t17-/m1/s1. The molecule has 1 atom stereocenters. The van der Waals surface area contributed by atoms with Gasteiger partial charge in [0.2, 0.25) is 0 Å². The lowest BCUT2D eigenvalue weighted by atomic mass is 10.1. The van der Waals surface area contributed by atoms with Gasteiger partial charge < -0.3 is 15.0 Å². The first kappa shape index (κ1) is 19.3. The third-order valence-corrected chi connectivity index (χ3v) is 4.91. The summed E-state index contributed by atoms with van der Waals surface area (Å²) in [6.45, 7) is 3.01. The van der Waals surface area contributed by atoms with E-state index in [0.29, 0.717) is 11.7 Å². The molecule has 1 aromatic carbocycles. The first-order valence-corrected chi connectivity index (χ1v) is 9.32. The number of carbonyl (C=O) groups excluding carboxylic acids is 1.